The number of pyridine rings is 1. The molecule has 2 aromatic heterocycles. The van der Waals surface area contributed by atoms with Crippen LogP contribution in [0.15, 0.2) is 24.5 Å². The van der Waals surface area contributed by atoms with E-state index < -0.39 is 0 Å². The van der Waals surface area contributed by atoms with Gasteiger partial charge in [0, 0.05) is 37.6 Å². The van der Waals surface area contributed by atoms with Gasteiger partial charge in [0.15, 0.2) is 0 Å². The summed E-state index contributed by atoms with van der Waals surface area (Å²) in [6.45, 7) is 2.69. The summed E-state index contributed by atoms with van der Waals surface area (Å²) in [5.74, 6) is 0.441. The van der Waals surface area contributed by atoms with E-state index in [9.17, 15) is 4.79 Å². The van der Waals surface area contributed by atoms with Crippen LogP contribution in [-0.4, -0.2) is 24.0 Å². The monoisotopic (exact) mass is 314 g/mol. The predicted molar refractivity (Wildman–Crippen MR) is 88.3 cm³/mol. The van der Waals surface area contributed by atoms with Crippen molar-refractivity contribution in [1.29, 1.82) is 0 Å². The molecule has 0 aliphatic carbocycles. The Bertz CT molecular complexity index is 704. The van der Waals surface area contributed by atoms with Crippen molar-refractivity contribution in [2.24, 2.45) is 0 Å². The van der Waals surface area contributed by atoms with Gasteiger partial charge in [-0.1, -0.05) is 0 Å². The molecule has 3 aliphatic heterocycles. The number of anilines is 2. The Morgan fingerprint density at radius 3 is 2.82 bits per heavy atom. The van der Waals surface area contributed by atoms with Gasteiger partial charge in [-0.15, -0.1) is 11.3 Å². The van der Waals surface area contributed by atoms with Gasteiger partial charge in [-0.3, -0.25) is 9.78 Å². The number of nitrogens with zero attached hydrogens (tertiary/aromatic N) is 2. The summed E-state index contributed by atoms with van der Waals surface area (Å²) in [5, 5.41) is 4.86. The van der Waals surface area contributed by atoms with E-state index in [-0.39, 0.29) is 5.91 Å². The van der Waals surface area contributed by atoms with Crippen LogP contribution in [0.25, 0.3) is 0 Å². The van der Waals surface area contributed by atoms with Gasteiger partial charge < -0.3 is 16.0 Å². The van der Waals surface area contributed by atoms with E-state index in [4.69, 9.17) is 5.73 Å². The molecule has 3 N–H and O–H groups in total. The molecule has 0 spiro atoms. The molecule has 0 unspecified atom stereocenters. The molecule has 5 nitrogen and oxygen atoms in total. The largest absolute Gasteiger partial charge is 0.390 e. The lowest BCUT2D eigenvalue weighted by atomic mass is 9.84. The lowest BCUT2D eigenvalue weighted by Gasteiger charge is -2.40. The number of hydrogen-bond acceptors (Lipinski definition) is 5. The summed E-state index contributed by atoms with van der Waals surface area (Å²) in [6, 6.07) is 3.81. The Hall–Kier alpha value is -2.08. The van der Waals surface area contributed by atoms with Crippen molar-refractivity contribution < 1.29 is 4.79 Å². The van der Waals surface area contributed by atoms with Crippen LogP contribution in [0.2, 0.25) is 0 Å². The Morgan fingerprint density at radius 2 is 2.09 bits per heavy atom. The van der Waals surface area contributed by atoms with Crippen molar-refractivity contribution >= 4 is 27.2 Å². The average Bonchev–Trinajstić information content (AvgIpc) is 2.93. The standard InChI is InChI=1S/C16H18N4OS/c17-14-13(15(21)19-9-10-1-5-18-6-2-10)12-11-3-7-20(8-4-11)16(12)22-14/h1-2,5-6,11H,3-4,7-9,17H2,(H,19,21). The molecule has 22 heavy (non-hydrogen) atoms. The molecule has 1 saturated heterocycles. The predicted octanol–water partition coefficient (Wildman–Crippen LogP) is 2.35. The highest BCUT2D eigenvalue weighted by atomic mass is 32.1. The molecule has 0 atom stereocenters. The fourth-order valence-electron chi connectivity index (χ4n) is 3.44. The van der Waals surface area contributed by atoms with Gasteiger partial charge in [0.2, 0.25) is 0 Å². The first kappa shape index (κ1) is 13.6. The number of nitrogen functional groups attached to an aromatic ring is 1. The van der Waals surface area contributed by atoms with Crippen molar-refractivity contribution in [3.05, 3.63) is 41.2 Å². The maximum absolute atomic E-state index is 12.6. The fraction of sp³-hybridized carbons (Fsp3) is 0.375. The van der Waals surface area contributed by atoms with Gasteiger partial charge in [0.05, 0.1) is 10.6 Å². The number of nitrogens with one attached hydrogen (secondary N) is 1. The molecule has 2 aromatic rings. The first-order valence-corrected chi connectivity index (χ1v) is 8.40. The Kier molecular flexibility index (Phi) is 3.26. The van der Waals surface area contributed by atoms with E-state index in [1.807, 2.05) is 12.1 Å². The SMILES string of the molecule is Nc1sc2c(c1C(=O)NCc1ccncc1)C1CCN2CC1. The summed E-state index contributed by atoms with van der Waals surface area (Å²) in [5.41, 5.74) is 9.10. The molecule has 0 radical (unpaired) electrons. The highest BCUT2D eigenvalue weighted by Gasteiger charge is 2.37. The number of carbonyl (C=O) groups excluding carboxylic acids is 1. The normalized spacial score (nSPS) is 16.6. The number of amides is 1. The van der Waals surface area contributed by atoms with E-state index in [0.717, 1.165) is 31.5 Å². The van der Waals surface area contributed by atoms with Gasteiger partial charge in [0.1, 0.15) is 5.00 Å². The van der Waals surface area contributed by atoms with Gasteiger partial charge in [0.25, 0.3) is 5.91 Å². The number of hydrogen-bond donors (Lipinski definition) is 2. The fourth-order valence-corrected chi connectivity index (χ4v) is 4.64. The maximum atomic E-state index is 12.6. The zero-order valence-electron chi connectivity index (χ0n) is 12.2. The number of fused-ring (bicyclic) bond motifs is 2. The average molecular weight is 314 g/mol. The van der Waals surface area contributed by atoms with Crippen molar-refractivity contribution in [3.8, 4) is 0 Å². The second kappa shape index (κ2) is 5.28. The zero-order valence-corrected chi connectivity index (χ0v) is 13.0. The molecule has 0 aromatic carbocycles. The molecule has 1 fully saturated rings. The van der Waals surface area contributed by atoms with Crippen molar-refractivity contribution in [1.82, 2.24) is 10.3 Å². The highest BCUT2D eigenvalue weighted by Crippen LogP contribution is 2.50. The Balaban J connectivity index is 1.59. The minimum atomic E-state index is -0.0550. The number of nitrogens with two attached hydrogens (primary N) is 1. The van der Waals surface area contributed by atoms with Crippen molar-refractivity contribution in [2.45, 2.75) is 25.3 Å². The Labute approximate surface area is 133 Å². The van der Waals surface area contributed by atoms with Crippen LogP contribution in [0.5, 0.6) is 0 Å². The zero-order chi connectivity index (χ0) is 15.1. The highest BCUT2D eigenvalue weighted by molar-refractivity contribution is 7.20. The summed E-state index contributed by atoms with van der Waals surface area (Å²) >= 11 is 1.56. The van der Waals surface area contributed by atoms with E-state index in [1.165, 1.54) is 10.6 Å². The molecule has 5 rings (SSSR count). The first-order chi connectivity index (χ1) is 10.7. The maximum Gasteiger partial charge on any atom is 0.254 e. The second-order valence-corrected chi connectivity index (χ2v) is 6.89. The number of carbonyl (C=O) groups is 1. The molecule has 0 saturated carbocycles. The van der Waals surface area contributed by atoms with Crippen LogP contribution in [0.1, 0.15) is 40.2 Å². The summed E-state index contributed by atoms with van der Waals surface area (Å²) < 4.78 is 0. The number of aromatic nitrogens is 1. The topological polar surface area (TPSA) is 71.2 Å². The van der Waals surface area contributed by atoms with Gasteiger partial charge in [-0.2, -0.15) is 0 Å². The molecular weight excluding hydrogens is 296 g/mol. The van der Waals surface area contributed by atoms with Crippen molar-refractivity contribution in [3.63, 3.8) is 0 Å². The number of rotatable bonds is 3. The van der Waals surface area contributed by atoms with E-state index in [0.29, 0.717) is 23.0 Å². The quantitative estimate of drug-likeness (QED) is 0.912. The smallest absolute Gasteiger partial charge is 0.254 e. The number of piperidine rings is 1. The third-order valence-electron chi connectivity index (χ3n) is 4.57. The molecule has 5 heterocycles. The first-order valence-electron chi connectivity index (χ1n) is 7.58. The summed E-state index contributed by atoms with van der Waals surface area (Å²) in [4.78, 5) is 19.0. The van der Waals surface area contributed by atoms with Crippen LogP contribution in [-0.2, 0) is 6.54 Å². The van der Waals surface area contributed by atoms with Gasteiger partial charge in [-0.05, 0) is 36.5 Å². The third kappa shape index (κ3) is 2.14. The molecular formula is C16H18N4OS. The van der Waals surface area contributed by atoms with E-state index in [1.54, 1.807) is 23.7 Å². The molecule has 114 valence electrons. The minimum absolute atomic E-state index is 0.0550. The molecule has 6 heteroatoms. The van der Waals surface area contributed by atoms with Crippen molar-refractivity contribution in [2.75, 3.05) is 23.7 Å². The lowest BCUT2D eigenvalue weighted by molar-refractivity contribution is 0.0950. The molecule has 3 aliphatic rings. The third-order valence-corrected chi connectivity index (χ3v) is 5.67. The van der Waals surface area contributed by atoms with E-state index >= 15 is 0 Å². The van der Waals surface area contributed by atoms with Crippen LogP contribution in [0.3, 0.4) is 0 Å². The number of thiophene rings is 1. The van der Waals surface area contributed by atoms with Crippen LogP contribution in [0.4, 0.5) is 10.0 Å². The lowest BCUT2D eigenvalue weighted by Crippen LogP contribution is -2.38. The minimum Gasteiger partial charge on any atom is -0.390 e. The summed E-state index contributed by atoms with van der Waals surface area (Å²) in [6.07, 6.45) is 5.73. The van der Waals surface area contributed by atoms with Crippen LogP contribution >= 0.6 is 11.3 Å². The molecule has 2 bridgehead atoms. The van der Waals surface area contributed by atoms with Crippen LogP contribution in [0, 0.1) is 0 Å². The van der Waals surface area contributed by atoms with Gasteiger partial charge >= 0.3 is 0 Å². The molecule has 1 amide bonds. The van der Waals surface area contributed by atoms with Gasteiger partial charge in [-0.25, -0.2) is 0 Å². The Morgan fingerprint density at radius 1 is 1.36 bits per heavy atom. The van der Waals surface area contributed by atoms with Crippen LogP contribution < -0.4 is 16.0 Å². The summed E-state index contributed by atoms with van der Waals surface area (Å²) in [7, 11) is 0. The van der Waals surface area contributed by atoms with E-state index in [2.05, 4.69) is 15.2 Å². The second-order valence-electron chi connectivity index (χ2n) is 5.86.